The van der Waals surface area contributed by atoms with Crippen molar-refractivity contribution in [1.82, 2.24) is 0 Å². The highest BCUT2D eigenvalue weighted by molar-refractivity contribution is 5.87. The molecule has 0 radical (unpaired) electrons. The molecule has 11 unspecified atom stereocenters. The van der Waals surface area contributed by atoms with E-state index in [1.54, 1.807) is 12.1 Å². The molecule has 0 aromatic heterocycles. The van der Waals surface area contributed by atoms with Crippen LogP contribution in [0.3, 0.4) is 0 Å². The van der Waals surface area contributed by atoms with Crippen LogP contribution < -0.4 is 9.47 Å². The lowest BCUT2D eigenvalue weighted by molar-refractivity contribution is -0.325. The summed E-state index contributed by atoms with van der Waals surface area (Å²) >= 11 is 0. The minimum absolute atomic E-state index is 0.0154. The number of aliphatic hydroxyl groups is 6. The van der Waals surface area contributed by atoms with Gasteiger partial charge in [0, 0.05) is 18.2 Å². The van der Waals surface area contributed by atoms with E-state index < -0.39 is 80.1 Å². The number of fused-ring (bicyclic) bond motifs is 1. The van der Waals surface area contributed by atoms with Crippen LogP contribution in [-0.4, -0.2) is 139 Å². The van der Waals surface area contributed by atoms with Crippen molar-refractivity contribution in [2.24, 2.45) is 0 Å². The van der Waals surface area contributed by atoms with Gasteiger partial charge in [0.05, 0.1) is 38.6 Å². The Hall–Kier alpha value is -5.31. The zero-order chi connectivity index (χ0) is 40.4. The van der Waals surface area contributed by atoms with Crippen molar-refractivity contribution < 1.29 is 88.6 Å². The van der Waals surface area contributed by atoms with Gasteiger partial charge >= 0.3 is 5.97 Å². The molecule has 3 aliphatic rings. The highest BCUT2D eigenvalue weighted by atomic mass is 16.7. The van der Waals surface area contributed by atoms with E-state index in [2.05, 4.69) is 4.74 Å². The molecule has 3 heterocycles. The van der Waals surface area contributed by atoms with Crippen molar-refractivity contribution in [1.29, 1.82) is 0 Å². The van der Waals surface area contributed by atoms with Gasteiger partial charge in [-0.05, 0) is 42.8 Å². The Morgan fingerprint density at radius 3 is 2.12 bits per heavy atom. The fourth-order valence-electron chi connectivity index (χ4n) is 6.40. The number of benzene rings is 3. The number of carbonyl (C=O) groups is 1. The number of hydrogen-bond donors (Lipinski definition) is 9. The van der Waals surface area contributed by atoms with E-state index in [9.17, 15) is 50.8 Å². The summed E-state index contributed by atoms with van der Waals surface area (Å²) in [6, 6.07) is 11.3. The Bertz CT molecular complexity index is 1910. The van der Waals surface area contributed by atoms with Gasteiger partial charge in [-0.2, -0.15) is 0 Å². The lowest BCUT2D eigenvalue weighted by atomic mass is 9.98. The first kappa shape index (κ1) is 40.4. The Morgan fingerprint density at radius 1 is 0.804 bits per heavy atom. The second kappa shape index (κ2) is 16.8. The van der Waals surface area contributed by atoms with E-state index in [0.717, 1.165) is 12.1 Å². The molecular weight excluding hydrogens is 744 g/mol. The van der Waals surface area contributed by atoms with Gasteiger partial charge in [0.25, 0.3) is 11.9 Å². The quantitative estimate of drug-likeness (QED) is 0.0738. The lowest BCUT2D eigenvalue weighted by Crippen LogP contribution is -2.61. The topological polar surface area (TPSA) is 277 Å². The molecule has 18 heteroatoms. The van der Waals surface area contributed by atoms with Crippen molar-refractivity contribution in [2.75, 3.05) is 20.8 Å². The van der Waals surface area contributed by atoms with Gasteiger partial charge in [-0.1, -0.05) is 12.1 Å². The number of rotatable bonds is 11. The third-order valence-corrected chi connectivity index (χ3v) is 9.44. The van der Waals surface area contributed by atoms with Crippen LogP contribution in [0.1, 0.15) is 29.7 Å². The van der Waals surface area contributed by atoms with Gasteiger partial charge in [0.1, 0.15) is 59.4 Å². The minimum Gasteiger partial charge on any atom is -0.571 e. The molecule has 0 bridgehead atoms. The molecule has 2 fully saturated rings. The molecule has 18 nitrogen and oxygen atoms in total. The second-order valence-electron chi connectivity index (χ2n) is 13.2. The summed E-state index contributed by atoms with van der Waals surface area (Å²) in [6.45, 7) is 0.896. The summed E-state index contributed by atoms with van der Waals surface area (Å²) in [7, 11) is 2.64. The smallest absolute Gasteiger partial charge is 0.331 e. The van der Waals surface area contributed by atoms with Crippen LogP contribution in [0.2, 0.25) is 0 Å². The van der Waals surface area contributed by atoms with Crippen molar-refractivity contribution >= 4 is 18.1 Å². The zero-order valence-electron chi connectivity index (χ0n) is 30.1. The van der Waals surface area contributed by atoms with Gasteiger partial charge < -0.3 is 83.9 Å². The number of phenols is 4. The molecular formula is C38H43O18+. The predicted octanol–water partition coefficient (Wildman–Crippen LogP) is 0.796. The van der Waals surface area contributed by atoms with Gasteiger partial charge in [-0.15, -0.1) is 0 Å². The number of hydrogen-bond acceptors (Lipinski definition) is 17. The predicted molar refractivity (Wildman–Crippen MR) is 190 cm³/mol. The molecule has 3 aromatic rings. The van der Waals surface area contributed by atoms with E-state index in [1.165, 1.54) is 63.6 Å². The summed E-state index contributed by atoms with van der Waals surface area (Å²) in [6.07, 6.45) is -13.0. The molecule has 3 aliphatic heterocycles. The maximum absolute atomic E-state index is 12.5. The number of methoxy groups -OCH3 is 2. The van der Waals surface area contributed by atoms with E-state index >= 15 is 0 Å². The molecule has 2 saturated heterocycles. The van der Waals surface area contributed by atoms with E-state index in [4.69, 9.17) is 33.2 Å². The molecule has 56 heavy (non-hydrogen) atoms. The first-order valence-electron chi connectivity index (χ1n) is 17.3. The molecule has 0 spiro atoms. The SMILES string of the molecule is COc1cc(C2[OH+]c3cc(O)cc(O)c3C=C2OC2OC(COC3OC(C)C(OC(=O)C=Cc4ccc(O)cc4)C(O)C3O)C(O)C(O)C2O)cc(OC)c1O. The van der Waals surface area contributed by atoms with Gasteiger partial charge in [0.15, 0.2) is 29.7 Å². The molecule has 6 rings (SSSR count). The van der Waals surface area contributed by atoms with Gasteiger partial charge in [-0.3, -0.25) is 0 Å². The van der Waals surface area contributed by atoms with Gasteiger partial charge in [-0.25, -0.2) is 4.79 Å². The van der Waals surface area contributed by atoms with E-state index in [-0.39, 0.29) is 51.6 Å². The monoisotopic (exact) mass is 787 g/mol. The minimum atomic E-state index is -1.85. The summed E-state index contributed by atoms with van der Waals surface area (Å²) in [5, 5.41) is 95.1. The highest BCUT2D eigenvalue weighted by Crippen LogP contribution is 2.48. The van der Waals surface area contributed by atoms with Crippen molar-refractivity contribution in [3.05, 3.63) is 77.1 Å². The van der Waals surface area contributed by atoms with Crippen LogP contribution in [0.4, 0.5) is 0 Å². The van der Waals surface area contributed by atoms with Crippen LogP contribution in [-0.2, 0) is 28.5 Å². The number of ether oxygens (including phenoxy) is 8. The summed E-state index contributed by atoms with van der Waals surface area (Å²) < 4.78 is 43.9. The Balaban J connectivity index is 1.16. The standard InChI is InChI=1S/C38H42O18/c1-16-35(56-28(42)9-6-17-4-7-19(39)8-5-17)32(46)34(48)37(52-16)51-15-27-30(44)31(45)33(47)38(55-27)54-26-14-21-22(41)12-20(40)13-23(21)53-36(26)18-10-24(49-2)29(43)25(11-18)50-3/h4-14,16,27,30-41,43-48H,15H2,1-3H3/p+1. The van der Waals surface area contributed by atoms with Crippen LogP contribution in [0, 0.1) is 0 Å². The normalized spacial score (nSPS) is 30.1. The van der Waals surface area contributed by atoms with Gasteiger partial charge in [0.2, 0.25) is 12.0 Å². The zero-order valence-corrected chi connectivity index (χ0v) is 30.1. The number of aliphatic hydroxyl groups excluding tert-OH is 5. The van der Waals surface area contributed by atoms with Crippen LogP contribution in [0.15, 0.2) is 60.4 Å². The van der Waals surface area contributed by atoms with Crippen LogP contribution in [0.25, 0.3) is 12.2 Å². The Labute approximate surface area is 319 Å². The third kappa shape index (κ3) is 8.42. The van der Waals surface area contributed by atoms with Crippen molar-refractivity contribution in [2.45, 2.75) is 74.4 Å². The summed E-state index contributed by atoms with van der Waals surface area (Å²) in [5.41, 5.74) is 1.05. The number of esters is 1. The van der Waals surface area contributed by atoms with Crippen molar-refractivity contribution in [3.63, 3.8) is 0 Å². The van der Waals surface area contributed by atoms with E-state index in [1.807, 2.05) is 0 Å². The highest BCUT2D eigenvalue weighted by Gasteiger charge is 2.49. The average Bonchev–Trinajstić information content (AvgIpc) is 3.17. The average molecular weight is 788 g/mol. The summed E-state index contributed by atoms with van der Waals surface area (Å²) in [4.78, 5) is 12.5. The molecule has 0 amide bonds. The first-order chi connectivity index (χ1) is 26.7. The lowest BCUT2D eigenvalue weighted by Gasteiger charge is -2.43. The maximum atomic E-state index is 12.5. The number of carbonyl (C=O) groups excluding carboxylic acids is 1. The van der Waals surface area contributed by atoms with Crippen LogP contribution in [0.5, 0.6) is 40.2 Å². The first-order valence-corrected chi connectivity index (χ1v) is 17.3. The number of aromatic hydroxyl groups is 5. The molecule has 302 valence electrons. The summed E-state index contributed by atoms with van der Waals surface area (Å²) in [5.74, 6) is -1.60. The molecule has 10 N–H and O–H groups in total. The number of phenolic OH excluding ortho intramolecular Hbond substituents is 4. The molecule has 0 saturated carbocycles. The maximum Gasteiger partial charge on any atom is 0.331 e. The Morgan fingerprint density at radius 2 is 1.46 bits per heavy atom. The largest absolute Gasteiger partial charge is 0.571 e. The third-order valence-electron chi connectivity index (χ3n) is 9.44. The fraction of sp³-hybridized carbons (Fsp3) is 0.395. The van der Waals surface area contributed by atoms with E-state index in [0.29, 0.717) is 11.1 Å². The molecule has 11 atom stereocenters. The van der Waals surface area contributed by atoms with Crippen molar-refractivity contribution in [3.8, 4) is 40.2 Å². The molecule has 0 aliphatic carbocycles. The Kier molecular flexibility index (Phi) is 12.1. The van der Waals surface area contributed by atoms with Crippen LogP contribution >= 0.6 is 0 Å². The second-order valence-corrected chi connectivity index (χ2v) is 13.2. The fourth-order valence-corrected chi connectivity index (χ4v) is 6.40. The molecule has 3 aromatic carbocycles.